The van der Waals surface area contributed by atoms with Crippen molar-refractivity contribution in [3.63, 3.8) is 0 Å². The second-order valence-corrected chi connectivity index (χ2v) is 8.95. The Kier molecular flexibility index (Phi) is 3.98. The van der Waals surface area contributed by atoms with Crippen molar-refractivity contribution < 1.29 is 17.6 Å². The van der Waals surface area contributed by atoms with Crippen LogP contribution in [0.3, 0.4) is 0 Å². The van der Waals surface area contributed by atoms with Crippen molar-refractivity contribution in [2.75, 3.05) is 19.6 Å². The van der Waals surface area contributed by atoms with Crippen LogP contribution in [-0.2, 0) is 23.0 Å². The van der Waals surface area contributed by atoms with Gasteiger partial charge in [0.1, 0.15) is 0 Å². The molecule has 2 aromatic rings. The van der Waals surface area contributed by atoms with Crippen molar-refractivity contribution in [3.05, 3.63) is 39.8 Å². The van der Waals surface area contributed by atoms with Gasteiger partial charge in [-0.2, -0.15) is 4.31 Å². The van der Waals surface area contributed by atoms with Gasteiger partial charge in [-0.3, -0.25) is 4.79 Å². The minimum Gasteiger partial charge on any atom is -0.438 e. The number of amides is 1. The molecule has 128 valence electrons. The van der Waals surface area contributed by atoms with Crippen molar-refractivity contribution in [1.82, 2.24) is 9.21 Å². The van der Waals surface area contributed by atoms with Crippen LogP contribution in [0.25, 0.3) is 0 Å². The lowest BCUT2D eigenvalue weighted by Gasteiger charge is -2.26. The van der Waals surface area contributed by atoms with Gasteiger partial charge in [-0.1, -0.05) is 0 Å². The second-order valence-electron chi connectivity index (χ2n) is 6.08. The van der Waals surface area contributed by atoms with E-state index in [9.17, 15) is 13.2 Å². The Morgan fingerprint density at radius 2 is 1.92 bits per heavy atom. The van der Waals surface area contributed by atoms with Crippen molar-refractivity contribution in [2.45, 2.75) is 30.9 Å². The lowest BCUT2D eigenvalue weighted by molar-refractivity contribution is 0.0697. The molecule has 0 radical (unpaired) electrons. The second kappa shape index (κ2) is 6.02. The normalized spacial score (nSPS) is 18.8. The smallest absolute Gasteiger partial charge is 0.289 e. The third-order valence-corrected chi connectivity index (χ3v) is 7.34. The molecule has 0 aromatic carbocycles. The number of thiophene rings is 1. The van der Waals surface area contributed by atoms with Crippen LogP contribution in [0.5, 0.6) is 0 Å². The number of rotatable bonds is 3. The molecule has 1 saturated heterocycles. The van der Waals surface area contributed by atoms with E-state index in [1.165, 1.54) is 21.3 Å². The molecule has 6 nitrogen and oxygen atoms in total. The molecule has 2 aliphatic heterocycles. The Morgan fingerprint density at radius 3 is 2.71 bits per heavy atom. The number of carbonyl (C=O) groups is 1. The summed E-state index contributed by atoms with van der Waals surface area (Å²) in [6, 6.07) is 4.89. The Bertz CT molecular complexity index is 862. The van der Waals surface area contributed by atoms with Gasteiger partial charge in [0.15, 0.2) is 5.76 Å². The van der Waals surface area contributed by atoms with Crippen molar-refractivity contribution in [1.29, 1.82) is 0 Å². The average molecular weight is 366 g/mol. The van der Waals surface area contributed by atoms with Crippen molar-refractivity contribution in [2.24, 2.45) is 0 Å². The number of sulfonamides is 1. The van der Waals surface area contributed by atoms with E-state index in [0.717, 1.165) is 24.8 Å². The molecule has 1 amide bonds. The van der Waals surface area contributed by atoms with Gasteiger partial charge in [-0.15, -0.1) is 11.3 Å². The van der Waals surface area contributed by atoms with Gasteiger partial charge in [-0.05, 0) is 48.4 Å². The average Bonchev–Trinajstić information content (AvgIpc) is 3.34. The summed E-state index contributed by atoms with van der Waals surface area (Å²) >= 11 is 1.71. The lowest BCUT2D eigenvalue weighted by Crippen LogP contribution is -2.35. The molecule has 4 heterocycles. The highest BCUT2D eigenvalue weighted by Crippen LogP contribution is 2.27. The zero-order chi connectivity index (χ0) is 16.7. The van der Waals surface area contributed by atoms with Crippen LogP contribution in [0, 0.1) is 0 Å². The predicted molar refractivity (Wildman–Crippen MR) is 89.5 cm³/mol. The lowest BCUT2D eigenvalue weighted by atomic mass is 10.1. The summed E-state index contributed by atoms with van der Waals surface area (Å²) in [5, 5.41) is 1.90. The fourth-order valence-electron chi connectivity index (χ4n) is 3.21. The third-order valence-electron chi connectivity index (χ3n) is 4.55. The summed E-state index contributed by atoms with van der Waals surface area (Å²) in [7, 11) is -3.62. The van der Waals surface area contributed by atoms with E-state index in [0.29, 0.717) is 26.2 Å². The molecule has 4 rings (SSSR count). The summed E-state index contributed by atoms with van der Waals surface area (Å²) in [6.45, 7) is 2.20. The van der Waals surface area contributed by atoms with E-state index in [4.69, 9.17) is 4.42 Å². The van der Waals surface area contributed by atoms with Crippen LogP contribution in [-0.4, -0.2) is 43.2 Å². The van der Waals surface area contributed by atoms with Crippen LogP contribution in [0.4, 0.5) is 0 Å². The minimum absolute atomic E-state index is 0.0893. The monoisotopic (exact) mass is 366 g/mol. The van der Waals surface area contributed by atoms with E-state index in [2.05, 4.69) is 0 Å². The summed E-state index contributed by atoms with van der Waals surface area (Å²) in [5.74, 6) is -0.166. The molecule has 2 aromatic heterocycles. The maximum atomic E-state index is 12.6. The first-order chi connectivity index (χ1) is 11.6. The van der Waals surface area contributed by atoms with E-state index >= 15 is 0 Å². The Hall–Kier alpha value is -1.64. The van der Waals surface area contributed by atoms with Crippen molar-refractivity contribution >= 4 is 27.3 Å². The van der Waals surface area contributed by atoms with Gasteiger partial charge in [0.2, 0.25) is 5.09 Å². The molecule has 0 unspecified atom stereocenters. The number of nitrogens with zero attached hydrogens (tertiary/aromatic N) is 2. The molecule has 8 heteroatoms. The summed E-state index contributed by atoms with van der Waals surface area (Å²) in [5.41, 5.74) is 1.16. The third kappa shape index (κ3) is 2.68. The van der Waals surface area contributed by atoms with Gasteiger partial charge in [0.05, 0.1) is 0 Å². The van der Waals surface area contributed by atoms with Gasteiger partial charge >= 0.3 is 0 Å². The topological polar surface area (TPSA) is 70.8 Å². The maximum absolute atomic E-state index is 12.6. The minimum atomic E-state index is -3.62. The Morgan fingerprint density at radius 1 is 1.12 bits per heavy atom. The Balaban J connectivity index is 1.53. The summed E-state index contributed by atoms with van der Waals surface area (Å²) in [4.78, 5) is 15.6. The zero-order valence-electron chi connectivity index (χ0n) is 13.1. The first-order valence-electron chi connectivity index (χ1n) is 8.00. The molecule has 24 heavy (non-hydrogen) atoms. The summed E-state index contributed by atoms with van der Waals surface area (Å²) < 4.78 is 31.8. The van der Waals surface area contributed by atoms with Crippen molar-refractivity contribution in [3.8, 4) is 0 Å². The first kappa shape index (κ1) is 15.9. The van der Waals surface area contributed by atoms with Gasteiger partial charge in [-0.25, -0.2) is 8.42 Å². The van der Waals surface area contributed by atoms with Crippen LogP contribution >= 0.6 is 11.3 Å². The van der Waals surface area contributed by atoms with Crippen LogP contribution < -0.4 is 0 Å². The highest BCUT2D eigenvalue weighted by atomic mass is 32.2. The molecule has 0 aliphatic carbocycles. The molecule has 0 spiro atoms. The fourth-order valence-corrected chi connectivity index (χ4v) is 5.53. The Labute approximate surface area is 144 Å². The van der Waals surface area contributed by atoms with E-state index < -0.39 is 10.0 Å². The number of furan rings is 1. The quantitative estimate of drug-likeness (QED) is 0.836. The van der Waals surface area contributed by atoms with E-state index in [-0.39, 0.29) is 16.8 Å². The predicted octanol–water partition coefficient (Wildman–Crippen LogP) is 2.32. The molecule has 0 atom stereocenters. The molecule has 0 N–H and O–H groups in total. The van der Waals surface area contributed by atoms with Crippen LogP contribution in [0.15, 0.2) is 33.1 Å². The molecule has 1 fully saturated rings. The molecular weight excluding hydrogens is 348 g/mol. The summed E-state index contributed by atoms with van der Waals surface area (Å²) in [6.07, 6.45) is 2.56. The number of carbonyl (C=O) groups excluding carboxylic acids is 1. The highest BCUT2D eigenvalue weighted by molar-refractivity contribution is 7.89. The standard InChI is InChI=1S/C16H18N2O4S2/c19-16(17-9-5-14-12(11-17)6-10-23-14)13-3-4-15(22-13)24(20,21)18-7-1-2-8-18/h3-4,6,10H,1-2,5,7-9,11H2. The first-order valence-corrected chi connectivity index (χ1v) is 10.3. The van der Waals surface area contributed by atoms with Gasteiger partial charge in [0.25, 0.3) is 15.9 Å². The molecule has 0 bridgehead atoms. The molecule has 2 aliphatic rings. The molecule has 0 saturated carbocycles. The maximum Gasteiger partial charge on any atom is 0.289 e. The fraction of sp³-hybridized carbons (Fsp3) is 0.438. The number of fused-ring (bicyclic) bond motifs is 1. The number of hydrogen-bond donors (Lipinski definition) is 0. The van der Waals surface area contributed by atoms with E-state index in [1.807, 2.05) is 11.4 Å². The van der Waals surface area contributed by atoms with Crippen LogP contribution in [0.2, 0.25) is 0 Å². The molecular formula is C16H18N2O4S2. The largest absolute Gasteiger partial charge is 0.438 e. The SMILES string of the molecule is O=C(c1ccc(S(=O)(=O)N2CCCC2)o1)N1CCc2sccc2C1. The number of hydrogen-bond acceptors (Lipinski definition) is 5. The highest BCUT2D eigenvalue weighted by Gasteiger charge is 2.32. The van der Waals surface area contributed by atoms with E-state index in [1.54, 1.807) is 16.2 Å². The van der Waals surface area contributed by atoms with Gasteiger partial charge < -0.3 is 9.32 Å². The zero-order valence-corrected chi connectivity index (χ0v) is 14.7. The van der Waals surface area contributed by atoms with Crippen LogP contribution in [0.1, 0.15) is 33.8 Å². The van der Waals surface area contributed by atoms with Gasteiger partial charge in [0, 0.05) is 31.1 Å².